The Hall–Kier alpha value is -2.20. The van der Waals surface area contributed by atoms with E-state index in [4.69, 9.17) is 4.74 Å². The van der Waals surface area contributed by atoms with E-state index in [1.165, 1.54) is 26.3 Å². The van der Waals surface area contributed by atoms with E-state index in [0.29, 0.717) is 31.6 Å². The van der Waals surface area contributed by atoms with Gasteiger partial charge in [0.05, 0.1) is 22.8 Å². The molecule has 0 saturated carbocycles. The molecule has 0 unspecified atom stereocenters. The minimum Gasteiger partial charge on any atom is -0.469 e. The van der Waals surface area contributed by atoms with Crippen LogP contribution in [-0.2, 0) is 19.6 Å². The number of carbonyl (C=O) groups is 1. The number of carbonyl (C=O) groups excluding carboxylic acids is 1. The van der Waals surface area contributed by atoms with Crippen LogP contribution in [0.15, 0.2) is 23.1 Å². The lowest BCUT2D eigenvalue weighted by atomic mass is 9.96. The number of hydrogen-bond acceptors (Lipinski definition) is 7. The van der Waals surface area contributed by atoms with Crippen LogP contribution in [-0.4, -0.2) is 46.6 Å². The Kier molecular flexibility index (Phi) is 5.40. The topological polar surface area (TPSA) is 119 Å². The Morgan fingerprint density at radius 3 is 2.50 bits per heavy atom. The third kappa shape index (κ3) is 3.65. The number of anilines is 1. The number of methoxy groups -OCH3 is 1. The maximum Gasteiger partial charge on any atom is 0.308 e. The molecule has 1 aliphatic heterocycles. The molecule has 0 amide bonds. The summed E-state index contributed by atoms with van der Waals surface area (Å²) in [6.45, 7) is 0.914. The van der Waals surface area contributed by atoms with E-state index in [1.54, 1.807) is 4.90 Å². The number of ether oxygens (including phenoxy) is 1. The number of nitro groups is 1. The van der Waals surface area contributed by atoms with Gasteiger partial charge in [-0.15, -0.1) is 0 Å². The number of piperidine rings is 1. The Balaban J connectivity index is 2.28. The van der Waals surface area contributed by atoms with Crippen LogP contribution in [0.5, 0.6) is 0 Å². The minimum absolute atomic E-state index is 0.162. The van der Waals surface area contributed by atoms with Gasteiger partial charge in [-0.3, -0.25) is 14.9 Å². The molecule has 1 aliphatic rings. The molecule has 0 atom stereocenters. The lowest BCUT2D eigenvalue weighted by Crippen LogP contribution is -2.37. The van der Waals surface area contributed by atoms with E-state index in [9.17, 15) is 23.3 Å². The molecular weight excluding hydrogens is 338 g/mol. The van der Waals surface area contributed by atoms with Crippen LogP contribution >= 0.6 is 0 Å². The predicted molar refractivity (Wildman–Crippen MR) is 86.3 cm³/mol. The zero-order valence-electron chi connectivity index (χ0n) is 13.4. The fourth-order valence-corrected chi connectivity index (χ4v) is 3.47. The summed E-state index contributed by atoms with van der Waals surface area (Å²) in [5.74, 6) is -0.492. The molecule has 10 heteroatoms. The molecule has 1 saturated heterocycles. The highest BCUT2D eigenvalue weighted by atomic mass is 32.2. The SMILES string of the molecule is CNS(=O)(=O)c1ccc(N2CCC(C(=O)OC)CC2)c([N+](=O)[O-])c1. The first kappa shape index (κ1) is 18.1. The highest BCUT2D eigenvalue weighted by molar-refractivity contribution is 7.89. The quantitative estimate of drug-likeness (QED) is 0.472. The van der Waals surface area contributed by atoms with E-state index in [0.717, 1.165) is 6.07 Å². The second kappa shape index (κ2) is 7.14. The monoisotopic (exact) mass is 357 g/mol. The first-order chi connectivity index (χ1) is 11.3. The Morgan fingerprint density at radius 1 is 1.38 bits per heavy atom. The molecule has 9 nitrogen and oxygen atoms in total. The van der Waals surface area contributed by atoms with Gasteiger partial charge >= 0.3 is 5.97 Å². The van der Waals surface area contributed by atoms with Crippen LogP contribution in [0.2, 0.25) is 0 Å². The van der Waals surface area contributed by atoms with Crippen molar-refractivity contribution in [2.45, 2.75) is 17.7 Å². The van der Waals surface area contributed by atoms with Crippen molar-refractivity contribution < 1.29 is 22.9 Å². The first-order valence-corrected chi connectivity index (χ1v) is 8.83. The van der Waals surface area contributed by atoms with Crippen molar-refractivity contribution in [3.63, 3.8) is 0 Å². The number of rotatable bonds is 5. The predicted octanol–water partition coefficient (Wildman–Crippen LogP) is 0.892. The maximum absolute atomic E-state index is 11.8. The van der Waals surface area contributed by atoms with E-state index in [1.807, 2.05) is 0 Å². The van der Waals surface area contributed by atoms with Crippen molar-refractivity contribution in [2.24, 2.45) is 5.92 Å². The van der Waals surface area contributed by atoms with E-state index < -0.39 is 14.9 Å². The summed E-state index contributed by atoms with van der Waals surface area (Å²) < 4.78 is 30.5. The fourth-order valence-electron chi connectivity index (χ4n) is 2.72. The van der Waals surface area contributed by atoms with Gasteiger partial charge in [-0.1, -0.05) is 0 Å². The smallest absolute Gasteiger partial charge is 0.308 e. The lowest BCUT2D eigenvalue weighted by molar-refractivity contribution is -0.384. The number of sulfonamides is 1. The minimum atomic E-state index is -3.76. The number of nitrogens with zero attached hydrogens (tertiary/aromatic N) is 2. The Morgan fingerprint density at radius 2 is 2.00 bits per heavy atom. The molecule has 1 N–H and O–H groups in total. The third-order valence-corrected chi connectivity index (χ3v) is 5.50. The molecule has 0 aromatic heterocycles. The van der Waals surface area contributed by atoms with Gasteiger partial charge in [-0.2, -0.15) is 0 Å². The highest BCUT2D eigenvalue weighted by Gasteiger charge is 2.29. The summed E-state index contributed by atoms with van der Waals surface area (Å²) in [5, 5.41) is 11.3. The second-order valence-corrected chi connectivity index (χ2v) is 7.29. The van der Waals surface area contributed by atoms with Crippen LogP contribution in [0, 0.1) is 16.0 Å². The summed E-state index contributed by atoms with van der Waals surface area (Å²) in [4.78, 5) is 23.9. The van der Waals surface area contributed by atoms with Gasteiger partial charge in [0.25, 0.3) is 5.69 Å². The van der Waals surface area contributed by atoms with E-state index in [2.05, 4.69) is 4.72 Å². The van der Waals surface area contributed by atoms with Crippen LogP contribution < -0.4 is 9.62 Å². The van der Waals surface area contributed by atoms with Crippen molar-refractivity contribution in [2.75, 3.05) is 32.1 Å². The summed E-state index contributed by atoms with van der Waals surface area (Å²) >= 11 is 0. The van der Waals surface area contributed by atoms with Crippen molar-refractivity contribution in [1.82, 2.24) is 4.72 Å². The molecule has 1 fully saturated rings. The normalized spacial score (nSPS) is 16.0. The molecule has 0 bridgehead atoms. The van der Waals surface area contributed by atoms with Gasteiger partial charge in [0.1, 0.15) is 5.69 Å². The van der Waals surface area contributed by atoms with E-state index >= 15 is 0 Å². The van der Waals surface area contributed by atoms with Gasteiger partial charge < -0.3 is 9.64 Å². The molecule has 132 valence electrons. The zero-order valence-corrected chi connectivity index (χ0v) is 14.2. The van der Waals surface area contributed by atoms with Gasteiger partial charge in [0.15, 0.2) is 0 Å². The van der Waals surface area contributed by atoms with Crippen molar-refractivity contribution in [3.8, 4) is 0 Å². The first-order valence-electron chi connectivity index (χ1n) is 7.35. The molecule has 1 heterocycles. The Labute approximate surface area is 139 Å². The van der Waals surface area contributed by atoms with Crippen LogP contribution in [0.3, 0.4) is 0 Å². The standard InChI is InChI=1S/C14H19N3O6S/c1-15-24(21,22)11-3-4-12(13(9-11)17(19)20)16-7-5-10(6-8-16)14(18)23-2/h3-4,9-10,15H,5-8H2,1-2H3. The Bertz CT molecular complexity index is 741. The molecule has 24 heavy (non-hydrogen) atoms. The highest BCUT2D eigenvalue weighted by Crippen LogP contribution is 2.33. The van der Waals surface area contributed by atoms with Crippen molar-refractivity contribution >= 4 is 27.4 Å². The van der Waals surface area contributed by atoms with Gasteiger partial charge in [-0.05, 0) is 32.0 Å². The van der Waals surface area contributed by atoms with Crippen LogP contribution in [0.25, 0.3) is 0 Å². The molecule has 0 spiro atoms. The number of benzene rings is 1. The fraction of sp³-hybridized carbons (Fsp3) is 0.500. The molecule has 0 aliphatic carbocycles. The zero-order chi connectivity index (χ0) is 17.9. The molecule has 0 radical (unpaired) electrons. The number of nitrogens with one attached hydrogen (secondary N) is 1. The summed E-state index contributed by atoms with van der Waals surface area (Å²) in [6.07, 6.45) is 1.06. The summed E-state index contributed by atoms with van der Waals surface area (Å²) in [7, 11) is -1.18. The molecular formula is C14H19N3O6S. The van der Waals surface area contributed by atoms with Gasteiger partial charge in [-0.25, -0.2) is 13.1 Å². The summed E-state index contributed by atoms with van der Waals surface area (Å²) in [6, 6.07) is 3.81. The van der Waals surface area contributed by atoms with E-state index in [-0.39, 0.29) is 22.5 Å². The molecule has 1 aromatic rings. The maximum atomic E-state index is 11.8. The second-order valence-electron chi connectivity index (χ2n) is 5.40. The molecule has 1 aromatic carbocycles. The number of esters is 1. The average molecular weight is 357 g/mol. The van der Waals surface area contributed by atoms with Crippen LogP contribution in [0.1, 0.15) is 12.8 Å². The van der Waals surface area contributed by atoms with Crippen LogP contribution in [0.4, 0.5) is 11.4 Å². The third-order valence-electron chi connectivity index (χ3n) is 4.09. The number of nitro benzene ring substituents is 1. The van der Waals surface area contributed by atoms with Gasteiger partial charge in [0.2, 0.25) is 10.0 Å². The largest absolute Gasteiger partial charge is 0.469 e. The average Bonchev–Trinajstić information content (AvgIpc) is 2.60. The van der Waals surface area contributed by atoms with Gasteiger partial charge in [0, 0.05) is 19.2 Å². The molecule has 2 rings (SSSR count). The number of hydrogen-bond donors (Lipinski definition) is 1. The van der Waals surface area contributed by atoms with Crippen molar-refractivity contribution in [3.05, 3.63) is 28.3 Å². The lowest BCUT2D eigenvalue weighted by Gasteiger charge is -2.32. The van der Waals surface area contributed by atoms with Crippen molar-refractivity contribution in [1.29, 1.82) is 0 Å². The summed E-state index contributed by atoms with van der Waals surface area (Å²) in [5.41, 5.74) is 0.0706.